The van der Waals surface area contributed by atoms with Gasteiger partial charge in [-0.05, 0) is 13.8 Å². The van der Waals surface area contributed by atoms with Gasteiger partial charge < -0.3 is 21.5 Å². The van der Waals surface area contributed by atoms with Crippen molar-refractivity contribution >= 4 is 11.9 Å². The number of urea groups is 1. The Morgan fingerprint density at radius 3 is 2.38 bits per heavy atom. The smallest absolute Gasteiger partial charge is 0.312 e. The number of primary amides is 1. The Labute approximate surface area is 76.5 Å². The van der Waals surface area contributed by atoms with E-state index in [2.05, 4.69) is 10.6 Å². The lowest BCUT2D eigenvalue weighted by molar-refractivity contribution is -0.122. The predicted octanol–water partition coefficient (Wildman–Crippen LogP) is -1.46. The van der Waals surface area contributed by atoms with E-state index in [1.807, 2.05) is 0 Å². The SMILES string of the molecule is CC(NC(N)=O)C(=O)NC[C@@H](C)O. The molecule has 0 aliphatic rings. The standard InChI is InChI=1S/C7H15N3O3/c1-4(11)3-9-6(12)5(2)10-7(8)13/h4-5,11H,3H2,1-2H3,(H,9,12)(H3,8,10,13)/t4-,5?/m1/s1. The third-order valence-corrected chi connectivity index (χ3v) is 1.32. The molecule has 2 atom stereocenters. The largest absolute Gasteiger partial charge is 0.392 e. The molecular formula is C7H15N3O3. The summed E-state index contributed by atoms with van der Waals surface area (Å²) in [6, 6.07) is -1.43. The Balaban J connectivity index is 3.76. The Morgan fingerprint density at radius 1 is 1.46 bits per heavy atom. The zero-order chi connectivity index (χ0) is 10.4. The van der Waals surface area contributed by atoms with E-state index in [1.165, 1.54) is 6.92 Å². The van der Waals surface area contributed by atoms with Crippen molar-refractivity contribution in [3.63, 3.8) is 0 Å². The van der Waals surface area contributed by atoms with Crippen molar-refractivity contribution < 1.29 is 14.7 Å². The van der Waals surface area contributed by atoms with Crippen LogP contribution in [-0.2, 0) is 4.79 Å². The molecule has 0 rings (SSSR count). The van der Waals surface area contributed by atoms with E-state index in [9.17, 15) is 9.59 Å². The number of aliphatic hydroxyl groups excluding tert-OH is 1. The highest BCUT2D eigenvalue weighted by atomic mass is 16.3. The molecule has 0 aromatic heterocycles. The van der Waals surface area contributed by atoms with Crippen molar-refractivity contribution in [2.45, 2.75) is 26.0 Å². The molecule has 76 valence electrons. The number of hydrogen-bond acceptors (Lipinski definition) is 3. The molecule has 1 unspecified atom stereocenters. The predicted molar refractivity (Wildman–Crippen MR) is 46.9 cm³/mol. The normalized spacial score (nSPS) is 14.4. The molecular weight excluding hydrogens is 174 g/mol. The average Bonchev–Trinajstić information content (AvgIpc) is 1.98. The maximum Gasteiger partial charge on any atom is 0.312 e. The highest BCUT2D eigenvalue weighted by Crippen LogP contribution is 1.82. The van der Waals surface area contributed by atoms with Crippen molar-refractivity contribution in [2.24, 2.45) is 5.73 Å². The minimum atomic E-state index is -0.750. The third-order valence-electron chi connectivity index (χ3n) is 1.32. The number of carbonyl (C=O) groups excluding carboxylic acids is 2. The number of hydrogen-bond donors (Lipinski definition) is 4. The maximum atomic E-state index is 11.1. The maximum absolute atomic E-state index is 11.1. The fraction of sp³-hybridized carbons (Fsp3) is 0.714. The van der Waals surface area contributed by atoms with E-state index >= 15 is 0 Å². The van der Waals surface area contributed by atoms with Gasteiger partial charge in [-0.1, -0.05) is 0 Å². The van der Waals surface area contributed by atoms with E-state index in [4.69, 9.17) is 10.8 Å². The van der Waals surface area contributed by atoms with E-state index in [0.717, 1.165) is 0 Å². The first-order valence-corrected chi connectivity index (χ1v) is 3.95. The van der Waals surface area contributed by atoms with E-state index in [1.54, 1.807) is 6.92 Å². The lowest BCUT2D eigenvalue weighted by Crippen LogP contribution is -2.47. The van der Waals surface area contributed by atoms with Gasteiger partial charge in [0.25, 0.3) is 0 Å². The summed E-state index contributed by atoms with van der Waals surface area (Å²) in [6.45, 7) is 3.21. The Hall–Kier alpha value is -1.30. The number of amides is 3. The van der Waals surface area contributed by atoms with Crippen molar-refractivity contribution in [3.8, 4) is 0 Å². The van der Waals surface area contributed by atoms with Crippen LogP contribution in [0, 0.1) is 0 Å². The highest BCUT2D eigenvalue weighted by molar-refractivity contribution is 5.86. The van der Waals surface area contributed by atoms with Gasteiger partial charge in [-0.3, -0.25) is 4.79 Å². The molecule has 0 heterocycles. The summed E-state index contributed by atoms with van der Waals surface area (Å²) in [5.74, 6) is -0.375. The molecule has 0 aromatic carbocycles. The van der Waals surface area contributed by atoms with Crippen molar-refractivity contribution in [1.82, 2.24) is 10.6 Å². The zero-order valence-corrected chi connectivity index (χ0v) is 7.70. The lowest BCUT2D eigenvalue weighted by Gasteiger charge is -2.13. The number of nitrogens with two attached hydrogens (primary N) is 1. The van der Waals surface area contributed by atoms with Crippen LogP contribution in [0.1, 0.15) is 13.8 Å². The summed E-state index contributed by atoms with van der Waals surface area (Å²) < 4.78 is 0. The van der Waals surface area contributed by atoms with Gasteiger partial charge in [-0.15, -0.1) is 0 Å². The summed E-state index contributed by atoms with van der Waals surface area (Å²) in [4.78, 5) is 21.4. The molecule has 0 radical (unpaired) electrons. The Kier molecular flexibility index (Phi) is 4.83. The molecule has 0 aromatic rings. The van der Waals surface area contributed by atoms with Crippen LogP contribution in [0.3, 0.4) is 0 Å². The molecule has 0 spiro atoms. The van der Waals surface area contributed by atoms with Crippen LogP contribution >= 0.6 is 0 Å². The van der Waals surface area contributed by atoms with Gasteiger partial charge >= 0.3 is 6.03 Å². The summed E-state index contributed by atoms with van der Waals surface area (Å²) >= 11 is 0. The zero-order valence-electron chi connectivity index (χ0n) is 7.70. The van der Waals surface area contributed by atoms with Crippen LogP contribution in [0.4, 0.5) is 4.79 Å². The van der Waals surface area contributed by atoms with Gasteiger partial charge in [0.15, 0.2) is 0 Å². The fourth-order valence-corrected chi connectivity index (χ4v) is 0.680. The third kappa shape index (κ3) is 5.92. The topological polar surface area (TPSA) is 104 Å². The quantitative estimate of drug-likeness (QED) is 0.434. The molecule has 0 aliphatic carbocycles. The first-order valence-electron chi connectivity index (χ1n) is 3.95. The molecule has 6 heteroatoms. The summed E-state index contributed by atoms with van der Waals surface area (Å²) in [5.41, 5.74) is 4.81. The van der Waals surface area contributed by atoms with Gasteiger partial charge in [-0.25, -0.2) is 4.79 Å². The minimum absolute atomic E-state index is 0.156. The lowest BCUT2D eigenvalue weighted by atomic mass is 10.3. The number of aliphatic hydroxyl groups is 1. The van der Waals surface area contributed by atoms with Crippen molar-refractivity contribution in [3.05, 3.63) is 0 Å². The Bertz CT molecular complexity index is 193. The second kappa shape index (κ2) is 5.36. The van der Waals surface area contributed by atoms with Crippen molar-refractivity contribution in [1.29, 1.82) is 0 Å². The van der Waals surface area contributed by atoms with Gasteiger partial charge in [0.1, 0.15) is 6.04 Å². The number of rotatable bonds is 4. The molecule has 6 nitrogen and oxygen atoms in total. The summed E-state index contributed by atoms with van der Waals surface area (Å²) in [7, 11) is 0. The molecule has 0 fully saturated rings. The van der Waals surface area contributed by atoms with Gasteiger partial charge in [0, 0.05) is 6.54 Å². The van der Waals surface area contributed by atoms with Gasteiger partial charge in [0.2, 0.25) is 5.91 Å². The van der Waals surface area contributed by atoms with Crippen LogP contribution in [0.25, 0.3) is 0 Å². The van der Waals surface area contributed by atoms with Crippen LogP contribution in [0.2, 0.25) is 0 Å². The average molecular weight is 189 g/mol. The van der Waals surface area contributed by atoms with Crippen LogP contribution in [0.5, 0.6) is 0 Å². The second-order valence-electron chi connectivity index (χ2n) is 2.82. The number of nitrogens with one attached hydrogen (secondary N) is 2. The van der Waals surface area contributed by atoms with Crippen LogP contribution in [-0.4, -0.2) is 35.7 Å². The molecule has 5 N–H and O–H groups in total. The summed E-state index contributed by atoms with van der Waals surface area (Å²) in [6.07, 6.45) is -0.607. The Morgan fingerprint density at radius 2 is 2.00 bits per heavy atom. The van der Waals surface area contributed by atoms with E-state index in [-0.39, 0.29) is 12.5 Å². The molecule has 0 saturated heterocycles. The molecule has 13 heavy (non-hydrogen) atoms. The monoisotopic (exact) mass is 189 g/mol. The number of carbonyl (C=O) groups is 2. The highest BCUT2D eigenvalue weighted by Gasteiger charge is 2.13. The fourth-order valence-electron chi connectivity index (χ4n) is 0.680. The minimum Gasteiger partial charge on any atom is -0.392 e. The van der Waals surface area contributed by atoms with Gasteiger partial charge in [-0.2, -0.15) is 0 Å². The summed E-state index contributed by atoms with van der Waals surface area (Å²) in [5, 5.41) is 13.5. The first kappa shape index (κ1) is 11.7. The van der Waals surface area contributed by atoms with Crippen molar-refractivity contribution in [2.75, 3.05) is 6.54 Å². The molecule has 0 saturated carbocycles. The molecule has 0 bridgehead atoms. The molecule has 0 aliphatic heterocycles. The van der Waals surface area contributed by atoms with Gasteiger partial charge in [0.05, 0.1) is 6.10 Å². The molecule has 3 amide bonds. The van der Waals surface area contributed by atoms with E-state index in [0.29, 0.717) is 0 Å². The second-order valence-corrected chi connectivity index (χ2v) is 2.82. The van der Waals surface area contributed by atoms with Crippen LogP contribution < -0.4 is 16.4 Å². The van der Waals surface area contributed by atoms with E-state index < -0.39 is 18.2 Å². The van der Waals surface area contributed by atoms with Crippen LogP contribution in [0.15, 0.2) is 0 Å². The first-order chi connectivity index (χ1) is 5.93.